The van der Waals surface area contributed by atoms with E-state index in [9.17, 15) is 12.8 Å². The maximum Gasteiger partial charge on any atom is 0.243 e. The van der Waals surface area contributed by atoms with Crippen LogP contribution < -0.4 is 4.72 Å². The summed E-state index contributed by atoms with van der Waals surface area (Å²) in [6, 6.07) is 5.36. The van der Waals surface area contributed by atoms with Gasteiger partial charge in [-0.15, -0.1) is 0 Å². The normalized spacial score (nSPS) is 13.2. The Hall–Kier alpha value is -0.980. The minimum Gasteiger partial charge on any atom is -0.381 e. The summed E-state index contributed by atoms with van der Waals surface area (Å²) in [5.74, 6) is -0.164. The molecule has 0 saturated carbocycles. The molecule has 0 aromatic heterocycles. The van der Waals surface area contributed by atoms with Crippen LogP contribution in [0.2, 0.25) is 0 Å². The Balaban J connectivity index is 2.26. The first-order valence-electron chi connectivity index (χ1n) is 8.33. The zero-order chi connectivity index (χ0) is 17.1. The number of halogens is 1. The topological polar surface area (TPSA) is 55.4 Å². The number of hydrogen-bond acceptors (Lipinski definition) is 3. The van der Waals surface area contributed by atoms with Crippen molar-refractivity contribution < 1.29 is 17.5 Å². The van der Waals surface area contributed by atoms with Gasteiger partial charge in [-0.1, -0.05) is 45.2 Å². The van der Waals surface area contributed by atoms with Crippen LogP contribution in [0.15, 0.2) is 29.2 Å². The van der Waals surface area contributed by atoms with Crippen molar-refractivity contribution in [2.75, 3.05) is 19.8 Å². The van der Waals surface area contributed by atoms with E-state index in [0.717, 1.165) is 19.1 Å². The summed E-state index contributed by atoms with van der Waals surface area (Å²) in [6.07, 6.45) is 5.24. The van der Waals surface area contributed by atoms with Crippen LogP contribution in [0.3, 0.4) is 0 Å². The van der Waals surface area contributed by atoms with Crippen molar-refractivity contribution in [2.24, 2.45) is 5.92 Å². The second kappa shape index (κ2) is 10.7. The monoisotopic (exact) mass is 345 g/mol. The highest BCUT2D eigenvalue weighted by atomic mass is 32.2. The largest absolute Gasteiger partial charge is 0.381 e. The van der Waals surface area contributed by atoms with E-state index >= 15 is 0 Å². The molecule has 1 atom stereocenters. The van der Waals surface area contributed by atoms with Gasteiger partial charge < -0.3 is 4.74 Å². The fourth-order valence-electron chi connectivity index (χ4n) is 2.27. The van der Waals surface area contributed by atoms with Gasteiger partial charge in [-0.05, 0) is 30.9 Å². The van der Waals surface area contributed by atoms with Gasteiger partial charge in [-0.3, -0.25) is 0 Å². The Kier molecular flexibility index (Phi) is 9.36. The van der Waals surface area contributed by atoms with Crippen LogP contribution >= 0.6 is 0 Å². The molecule has 0 aliphatic rings. The van der Waals surface area contributed by atoms with Gasteiger partial charge in [0.15, 0.2) is 0 Å². The average molecular weight is 345 g/mol. The molecule has 0 fully saturated rings. The van der Waals surface area contributed by atoms with Gasteiger partial charge in [0.05, 0.1) is 0 Å². The highest BCUT2D eigenvalue weighted by Gasteiger charge is 2.17. The van der Waals surface area contributed by atoms with Crippen LogP contribution in [0.25, 0.3) is 0 Å². The molecule has 1 rings (SSSR count). The molecule has 0 aliphatic heterocycles. The molecule has 0 spiro atoms. The molecule has 1 aromatic carbocycles. The summed E-state index contributed by atoms with van der Waals surface area (Å²) >= 11 is 0. The standard InChI is InChI=1S/C17H28FNO3S/c1-3-5-9-15(4-2)14-22-13-8-12-19-23(20,21)17-11-7-6-10-16(17)18/h6-7,10-11,15,19H,3-5,8-9,12-14H2,1-2H3. The van der Waals surface area contributed by atoms with Crippen molar-refractivity contribution in [3.05, 3.63) is 30.1 Å². The molecule has 1 N–H and O–H groups in total. The Morgan fingerprint density at radius 2 is 1.96 bits per heavy atom. The highest BCUT2D eigenvalue weighted by Crippen LogP contribution is 2.14. The third-order valence-electron chi connectivity index (χ3n) is 3.78. The molecule has 0 radical (unpaired) electrons. The maximum atomic E-state index is 13.5. The molecule has 0 bridgehead atoms. The molecular weight excluding hydrogens is 317 g/mol. The molecule has 1 unspecified atom stereocenters. The third kappa shape index (κ3) is 7.42. The average Bonchev–Trinajstić information content (AvgIpc) is 2.53. The second-order valence-electron chi connectivity index (χ2n) is 5.67. The Bertz CT molecular complexity index is 549. The first kappa shape index (κ1) is 20.1. The number of sulfonamides is 1. The number of benzene rings is 1. The quantitative estimate of drug-likeness (QED) is 0.587. The fraction of sp³-hybridized carbons (Fsp3) is 0.647. The molecule has 0 amide bonds. The number of rotatable bonds is 12. The Morgan fingerprint density at radius 3 is 2.61 bits per heavy atom. The lowest BCUT2D eigenvalue weighted by molar-refractivity contribution is 0.0928. The predicted molar refractivity (Wildman–Crippen MR) is 90.3 cm³/mol. The Morgan fingerprint density at radius 1 is 1.22 bits per heavy atom. The first-order chi connectivity index (χ1) is 11.0. The predicted octanol–water partition coefficient (Wildman–Crippen LogP) is 3.73. The van der Waals surface area contributed by atoms with Crippen LogP contribution in [-0.2, 0) is 14.8 Å². The van der Waals surface area contributed by atoms with Crippen LogP contribution in [0.4, 0.5) is 4.39 Å². The molecule has 6 heteroatoms. The van der Waals surface area contributed by atoms with Gasteiger partial charge >= 0.3 is 0 Å². The zero-order valence-electron chi connectivity index (χ0n) is 14.1. The summed E-state index contributed by atoms with van der Waals surface area (Å²) in [5.41, 5.74) is 0. The van der Waals surface area contributed by atoms with Crippen molar-refractivity contribution in [3.63, 3.8) is 0 Å². The van der Waals surface area contributed by atoms with Crippen molar-refractivity contribution in [3.8, 4) is 0 Å². The summed E-state index contributed by atoms with van der Waals surface area (Å²) in [7, 11) is -3.79. The lowest BCUT2D eigenvalue weighted by Gasteiger charge is -2.14. The van der Waals surface area contributed by atoms with Gasteiger partial charge in [-0.2, -0.15) is 0 Å². The van der Waals surface area contributed by atoms with E-state index in [2.05, 4.69) is 18.6 Å². The van der Waals surface area contributed by atoms with Crippen LogP contribution in [-0.4, -0.2) is 28.2 Å². The second-order valence-corrected chi connectivity index (χ2v) is 7.41. The molecule has 1 aromatic rings. The molecule has 132 valence electrons. The minimum atomic E-state index is -3.79. The molecule has 0 heterocycles. The summed E-state index contributed by atoms with van der Waals surface area (Å²) in [5, 5.41) is 0. The van der Waals surface area contributed by atoms with E-state index in [-0.39, 0.29) is 11.4 Å². The summed E-state index contributed by atoms with van der Waals surface area (Å²) < 4.78 is 45.5. The molecular formula is C17H28FNO3S. The van der Waals surface area contributed by atoms with Crippen molar-refractivity contribution in [2.45, 2.75) is 50.8 Å². The van der Waals surface area contributed by atoms with Crippen molar-refractivity contribution in [1.29, 1.82) is 0 Å². The van der Waals surface area contributed by atoms with Gasteiger partial charge in [0, 0.05) is 19.8 Å². The van der Waals surface area contributed by atoms with Crippen LogP contribution in [0.5, 0.6) is 0 Å². The summed E-state index contributed by atoms with van der Waals surface area (Å²) in [4.78, 5) is -0.313. The first-order valence-corrected chi connectivity index (χ1v) is 9.81. The smallest absolute Gasteiger partial charge is 0.243 e. The van der Waals surface area contributed by atoms with E-state index in [0.29, 0.717) is 18.9 Å². The minimum absolute atomic E-state index is 0.239. The molecule has 4 nitrogen and oxygen atoms in total. The number of unbranched alkanes of at least 4 members (excludes halogenated alkanes) is 1. The van der Waals surface area contributed by atoms with E-state index in [1.54, 1.807) is 0 Å². The lowest BCUT2D eigenvalue weighted by atomic mass is 10.0. The number of nitrogens with one attached hydrogen (secondary N) is 1. The SMILES string of the molecule is CCCCC(CC)COCCCNS(=O)(=O)c1ccccc1F. The fourth-order valence-corrected chi connectivity index (χ4v) is 3.42. The van der Waals surface area contributed by atoms with Crippen LogP contribution in [0.1, 0.15) is 46.0 Å². The summed E-state index contributed by atoms with van der Waals surface area (Å²) in [6.45, 7) is 5.79. The van der Waals surface area contributed by atoms with E-state index in [1.165, 1.54) is 37.5 Å². The van der Waals surface area contributed by atoms with E-state index < -0.39 is 15.8 Å². The number of ether oxygens (including phenoxy) is 1. The lowest BCUT2D eigenvalue weighted by Crippen LogP contribution is -2.26. The van der Waals surface area contributed by atoms with Crippen molar-refractivity contribution in [1.82, 2.24) is 4.72 Å². The van der Waals surface area contributed by atoms with Crippen molar-refractivity contribution >= 4 is 10.0 Å². The van der Waals surface area contributed by atoms with Gasteiger partial charge in [0.2, 0.25) is 10.0 Å². The molecule has 0 aliphatic carbocycles. The number of hydrogen-bond donors (Lipinski definition) is 1. The molecule has 23 heavy (non-hydrogen) atoms. The van der Waals surface area contributed by atoms with E-state index in [1.807, 2.05) is 0 Å². The van der Waals surface area contributed by atoms with Crippen LogP contribution in [0, 0.1) is 11.7 Å². The van der Waals surface area contributed by atoms with Gasteiger partial charge in [0.25, 0.3) is 0 Å². The van der Waals surface area contributed by atoms with Gasteiger partial charge in [0.1, 0.15) is 10.7 Å². The maximum absolute atomic E-state index is 13.5. The van der Waals surface area contributed by atoms with Gasteiger partial charge in [-0.25, -0.2) is 17.5 Å². The molecule has 0 saturated heterocycles. The van der Waals surface area contributed by atoms with E-state index in [4.69, 9.17) is 4.74 Å². The highest BCUT2D eigenvalue weighted by molar-refractivity contribution is 7.89. The zero-order valence-corrected chi connectivity index (χ0v) is 14.9. The Labute approximate surface area is 139 Å². The third-order valence-corrected chi connectivity index (χ3v) is 5.27.